The number of hydrogen-bond donors (Lipinski definition) is 0. The Morgan fingerprint density at radius 3 is 2.62 bits per heavy atom. The summed E-state index contributed by atoms with van der Waals surface area (Å²) >= 11 is 0. The van der Waals surface area contributed by atoms with Gasteiger partial charge in [0.05, 0.1) is 5.56 Å². The molecule has 10 heteroatoms. The van der Waals surface area contributed by atoms with Crippen molar-refractivity contribution in [3.05, 3.63) is 41.7 Å². The van der Waals surface area contributed by atoms with Gasteiger partial charge >= 0.3 is 6.18 Å². The van der Waals surface area contributed by atoms with E-state index in [-0.39, 0.29) is 22.9 Å². The van der Waals surface area contributed by atoms with E-state index < -0.39 is 18.4 Å². The summed E-state index contributed by atoms with van der Waals surface area (Å²) in [6.45, 7) is 1.24. The summed E-state index contributed by atoms with van der Waals surface area (Å²) in [7, 11) is 3.96. The van der Waals surface area contributed by atoms with Gasteiger partial charge in [-0.3, -0.25) is 4.79 Å². The largest absolute Gasteiger partial charge is 0.416 e. The van der Waals surface area contributed by atoms with E-state index in [2.05, 4.69) is 15.0 Å². The maximum Gasteiger partial charge on any atom is 0.416 e. The lowest BCUT2D eigenvalue weighted by Crippen LogP contribution is -2.52. The third kappa shape index (κ3) is 5.20. The summed E-state index contributed by atoms with van der Waals surface area (Å²) in [5.74, 6) is 0.291. The molecule has 2 heterocycles. The van der Waals surface area contributed by atoms with E-state index in [0.717, 1.165) is 18.7 Å². The molecule has 0 bridgehead atoms. The molecule has 1 aromatic carbocycles. The van der Waals surface area contributed by atoms with Crippen LogP contribution in [0.5, 0.6) is 0 Å². The number of nitrogens with zero attached hydrogens (tertiary/aromatic N) is 5. The zero-order valence-corrected chi connectivity index (χ0v) is 16.0. The van der Waals surface area contributed by atoms with Crippen molar-refractivity contribution in [3.63, 3.8) is 0 Å². The highest BCUT2D eigenvalue weighted by atomic mass is 19.4. The third-order valence-electron chi connectivity index (χ3n) is 4.50. The molecule has 1 saturated heterocycles. The smallest absolute Gasteiger partial charge is 0.338 e. The predicted molar refractivity (Wildman–Crippen MR) is 99.2 cm³/mol. The normalized spacial score (nSPS) is 15.3. The second-order valence-electron chi connectivity index (χ2n) is 7.29. The molecule has 0 radical (unpaired) electrons. The number of rotatable bonds is 6. The zero-order chi connectivity index (χ0) is 21.2. The summed E-state index contributed by atoms with van der Waals surface area (Å²) in [6.07, 6.45) is -0.596. The van der Waals surface area contributed by atoms with Gasteiger partial charge < -0.3 is 9.80 Å². The molecule has 0 atom stereocenters. The first-order valence-electron chi connectivity index (χ1n) is 8.96. The molecule has 1 aromatic heterocycles. The summed E-state index contributed by atoms with van der Waals surface area (Å²) in [6, 6.07) is 2.91. The van der Waals surface area contributed by atoms with Crippen LogP contribution in [0.1, 0.15) is 11.1 Å². The lowest BCUT2D eigenvalue weighted by molar-refractivity contribution is -0.137. The average Bonchev–Trinajstić information content (AvgIpc) is 3.10. The van der Waals surface area contributed by atoms with Gasteiger partial charge in [0.15, 0.2) is 5.82 Å². The van der Waals surface area contributed by atoms with Crippen molar-refractivity contribution in [3.8, 4) is 11.4 Å². The van der Waals surface area contributed by atoms with Crippen LogP contribution >= 0.6 is 0 Å². The van der Waals surface area contributed by atoms with Gasteiger partial charge in [0, 0.05) is 43.4 Å². The lowest BCUT2D eigenvalue weighted by atomic mass is 10.00. The number of halogens is 4. The van der Waals surface area contributed by atoms with Gasteiger partial charge in [0.25, 0.3) is 0 Å². The predicted octanol–water partition coefficient (Wildman–Crippen LogP) is 2.92. The minimum atomic E-state index is -4.60. The highest BCUT2D eigenvalue weighted by molar-refractivity contribution is 5.90. The van der Waals surface area contributed by atoms with Crippen molar-refractivity contribution < 1.29 is 22.4 Å². The van der Waals surface area contributed by atoms with Gasteiger partial charge in [-0.25, -0.2) is 14.1 Å². The van der Waals surface area contributed by atoms with E-state index in [1.54, 1.807) is 4.90 Å². The molecule has 0 spiro atoms. The Kier molecular flexibility index (Phi) is 6.02. The monoisotopic (exact) mass is 411 g/mol. The molecule has 2 aromatic rings. The highest BCUT2D eigenvalue weighted by Gasteiger charge is 2.32. The molecule has 0 aliphatic carbocycles. The van der Waals surface area contributed by atoms with E-state index in [9.17, 15) is 22.4 Å². The Morgan fingerprint density at radius 2 is 2.00 bits per heavy atom. The van der Waals surface area contributed by atoms with Crippen LogP contribution in [-0.4, -0.2) is 64.2 Å². The highest BCUT2D eigenvalue weighted by Crippen LogP contribution is 2.33. The summed E-state index contributed by atoms with van der Waals surface area (Å²) in [4.78, 5) is 19.9. The SMILES string of the molecule is CN(C)CC1CN(C(=O)/C=C\n2cnc(-c3cc(CF)cc(C(F)(F)F)c3)n2)C1. The number of amides is 1. The van der Waals surface area contributed by atoms with Crippen LogP contribution in [0.15, 0.2) is 30.6 Å². The van der Waals surface area contributed by atoms with Gasteiger partial charge in [-0.2, -0.15) is 13.2 Å². The molecule has 1 amide bonds. The first-order chi connectivity index (χ1) is 13.7. The molecule has 0 unspecified atom stereocenters. The Morgan fingerprint density at radius 1 is 1.28 bits per heavy atom. The number of alkyl halides is 4. The molecule has 6 nitrogen and oxygen atoms in total. The van der Waals surface area contributed by atoms with E-state index >= 15 is 0 Å². The maximum atomic E-state index is 13.0. The molecular weight excluding hydrogens is 390 g/mol. The molecule has 156 valence electrons. The van der Waals surface area contributed by atoms with Crippen molar-refractivity contribution in [2.45, 2.75) is 12.9 Å². The number of hydrogen-bond acceptors (Lipinski definition) is 4. The summed E-state index contributed by atoms with van der Waals surface area (Å²) in [5.41, 5.74) is -1.02. The number of benzene rings is 1. The van der Waals surface area contributed by atoms with Crippen molar-refractivity contribution in [2.75, 3.05) is 33.7 Å². The first kappa shape index (κ1) is 21.0. The standard InChI is InChI=1S/C19H21F4N5O/c1-26(2)9-14-10-27(11-14)17(29)3-4-28-12-24-18(25-28)15-5-13(8-20)6-16(7-15)19(21,22)23/h3-7,12,14H,8-11H2,1-2H3/b4-3-. The van der Waals surface area contributed by atoms with Crippen molar-refractivity contribution >= 4 is 12.1 Å². The molecule has 0 saturated carbocycles. The van der Waals surface area contributed by atoms with Crippen molar-refractivity contribution in [1.29, 1.82) is 0 Å². The topological polar surface area (TPSA) is 54.3 Å². The molecule has 1 aliphatic rings. The van der Waals surface area contributed by atoms with Crippen LogP contribution in [0.3, 0.4) is 0 Å². The van der Waals surface area contributed by atoms with Crippen LogP contribution in [0.2, 0.25) is 0 Å². The Balaban J connectivity index is 1.68. The lowest BCUT2D eigenvalue weighted by Gasteiger charge is -2.39. The first-order valence-corrected chi connectivity index (χ1v) is 8.96. The number of likely N-dealkylation sites (tertiary alicyclic amines) is 1. The molecule has 1 fully saturated rings. The number of carbonyl (C=O) groups is 1. The fraction of sp³-hybridized carbons (Fsp3) is 0.421. The Labute approximate surface area is 165 Å². The average molecular weight is 411 g/mol. The zero-order valence-electron chi connectivity index (χ0n) is 16.0. The van der Waals surface area contributed by atoms with Gasteiger partial charge in [-0.15, -0.1) is 5.10 Å². The molecule has 3 rings (SSSR count). The Bertz CT molecular complexity index is 900. The molecular formula is C19H21F4N5O. The van der Waals surface area contributed by atoms with E-state index in [1.807, 2.05) is 14.1 Å². The minimum absolute atomic E-state index is 0.0119. The van der Waals surface area contributed by atoms with E-state index in [0.29, 0.717) is 19.0 Å². The molecule has 1 aliphatic heterocycles. The summed E-state index contributed by atoms with van der Waals surface area (Å²) < 4.78 is 53.2. The van der Waals surface area contributed by atoms with Crippen LogP contribution in [0.4, 0.5) is 17.6 Å². The second-order valence-corrected chi connectivity index (χ2v) is 7.29. The Hall–Kier alpha value is -2.75. The van der Waals surface area contributed by atoms with Crippen LogP contribution in [0, 0.1) is 5.92 Å². The van der Waals surface area contributed by atoms with Crippen LogP contribution in [-0.2, 0) is 17.6 Å². The fourth-order valence-corrected chi connectivity index (χ4v) is 3.17. The van der Waals surface area contributed by atoms with Crippen LogP contribution < -0.4 is 0 Å². The second kappa shape index (κ2) is 8.32. The fourth-order valence-electron chi connectivity index (χ4n) is 3.17. The summed E-state index contributed by atoms with van der Waals surface area (Å²) in [5, 5.41) is 4.06. The van der Waals surface area contributed by atoms with Crippen molar-refractivity contribution in [1.82, 2.24) is 24.6 Å². The van der Waals surface area contributed by atoms with E-state index in [4.69, 9.17) is 0 Å². The molecule has 0 N–H and O–H groups in total. The van der Waals surface area contributed by atoms with Gasteiger partial charge in [0.1, 0.15) is 13.0 Å². The minimum Gasteiger partial charge on any atom is -0.338 e. The van der Waals surface area contributed by atoms with Crippen LogP contribution in [0.25, 0.3) is 17.6 Å². The third-order valence-corrected chi connectivity index (χ3v) is 4.50. The van der Waals surface area contributed by atoms with Crippen molar-refractivity contribution in [2.24, 2.45) is 5.92 Å². The van der Waals surface area contributed by atoms with Gasteiger partial charge in [-0.05, 0) is 37.9 Å². The maximum absolute atomic E-state index is 13.0. The number of carbonyl (C=O) groups excluding carboxylic acids is 1. The van der Waals surface area contributed by atoms with Gasteiger partial charge in [0.2, 0.25) is 5.91 Å². The quantitative estimate of drug-likeness (QED) is 0.542. The van der Waals surface area contributed by atoms with Gasteiger partial charge in [-0.1, -0.05) is 0 Å². The number of aromatic nitrogens is 3. The van der Waals surface area contributed by atoms with E-state index in [1.165, 1.54) is 29.4 Å². The molecule has 29 heavy (non-hydrogen) atoms.